The fourth-order valence-corrected chi connectivity index (χ4v) is 5.43. The molecule has 3 nitrogen and oxygen atoms in total. The smallest absolute Gasteiger partial charge is 0.178 e. The molecule has 0 aliphatic carbocycles. The van der Waals surface area contributed by atoms with Gasteiger partial charge in [0.05, 0.1) is 10.6 Å². The Kier molecular flexibility index (Phi) is 9.64. The van der Waals surface area contributed by atoms with E-state index in [1.54, 1.807) is 12.1 Å². The van der Waals surface area contributed by atoms with Crippen LogP contribution in [0.2, 0.25) is 0 Å². The Hall–Kier alpha value is -2.07. The van der Waals surface area contributed by atoms with Crippen LogP contribution in [0.3, 0.4) is 0 Å². The van der Waals surface area contributed by atoms with E-state index in [-0.39, 0.29) is 11.7 Å². The zero-order valence-corrected chi connectivity index (χ0v) is 19.8. The topological polar surface area (TPSA) is 37.4 Å². The van der Waals surface area contributed by atoms with E-state index in [9.17, 15) is 8.42 Å². The van der Waals surface area contributed by atoms with Crippen molar-refractivity contribution < 1.29 is 8.42 Å². The van der Waals surface area contributed by atoms with Crippen molar-refractivity contribution in [3.05, 3.63) is 59.7 Å². The lowest BCUT2D eigenvalue weighted by Crippen LogP contribution is -2.21. The Bertz CT molecular complexity index is 880. The van der Waals surface area contributed by atoms with Crippen molar-refractivity contribution in [3.8, 4) is 0 Å². The maximum Gasteiger partial charge on any atom is 0.178 e. The fraction of sp³-hybridized carbons (Fsp3) is 0.462. The van der Waals surface area contributed by atoms with Gasteiger partial charge in [-0.15, -0.1) is 0 Å². The lowest BCUT2D eigenvalue weighted by atomic mass is 10.0. The molecule has 2 rings (SSSR count). The van der Waals surface area contributed by atoms with Crippen LogP contribution in [0.25, 0.3) is 12.2 Å². The minimum absolute atomic E-state index is 0.244. The van der Waals surface area contributed by atoms with Crippen molar-refractivity contribution in [1.82, 2.24) is 0 Å². The van der Waals surface area contributed by atoms with Gasteiger partial charge in [0.1, 0.15) is 0 Å². The lowest BCUT2D eigenvalue weighted by Gasteiger charge is -2.20. The quantitative estimate of drug-likeness (QED) is 0.354. The van der Waals surface area contributed by atoms with Crippen molar-refractivity contribution in [3.63, 3.8) is 0 Å². The molecule has 0 amide bonds. The van der Waals surface area contributed by atoms with Gasteiger partial charge in [0.2, 0.25) is 0 Å². The number of nitrogens with zero attached hydrogens (tertiary/aromatic N) is 1. The summed E-state index contributed by atoms with van der Waals surface area (Å²) in [7, 11) is -3.23. The van der Waals surface area contributed by atoms with Crippen LogP contribution in [0.4, 0.5) is 5.69 Å². The summed E-state index contributed by atoms with van der Waals surface area (Å²) in [4.78, 5) is 2.75. The van der Waals surface area contributed by atoms with Crippen molar-refractivity contribution in [2.24, 2.45) is 5.92 Å². The number of hydrogen-bond acceptors (Lipinski definition) is 3. The molecular weight excluding hydrogens is 390 g/mol. The first kappa shape index (κ1) is 24.2. The van der Waals surface area contributed by atoms with Gasteiger partial charge in [-0.3, -0.25) is 0 Å². The summed E-state index contributed by atoms with van der Waals surface area (Å²) in [5.41, 5.74) is 3.36. The Balaban J connectivity index is 2.04. The van der Waals surface area contributed by atoms with Crippen LogP contribution in [-0.4, -0.2) is 27.3 Å². The molecule has 0 aliphatic rings. The summed E-state index contributed by atoms with van der Waals surface area (Å²) in [5.74, 6) is 0.492. The molecule has 164 valence electrons. The van der Waals surface area contributed by atoms with E-state index in [0.717, 1.165) is 49.9 Å². The molecule has 0 spiro atoms. The van der Waals surface area contributed by atoms with Gasteiger partial charge in [-0.05, 0) is 61.6 Å². The predicted molar refractivity (Wildman–Crippen MR) is 131 cm³/mol. The summed E-state index contributed by atoms with van der Waals surface area (Å²) in [5, 5.41) is 0. The molecule has 0 bridgehead atoms. The molecule has 0 saturated heterocycles. The van der Waals surface area contributed by atoms with E-state index in [1.165, 1.54) is 5.69 Å². The van der Waals surface area contributed by atoms with E-state index in [2.05, 4.69) is 62.9 Å². The van der Waals surface area contributed by atoms with Gasteiger partial charge in [-0.25, -0.2) is 8.42 Å². The first-order valence-corrected chi connectivity index (χ1v) is 12.9. The molecule has 0 heterocycles. The molecule has 30 heavy (non-hydrogen) atoms. The molecule has 1 unspecified atom stereocenters. The average molecular weight is 428 g/mol. The molecular formula is C26H37NO2S. The van der Waals surface area contributed by atoms with E-state index >= 15 is 0 Å². The monoisotopic (exact) mass is 427 g/mol. The molecule has 2 aromatic carbocycles. The van der Waals surface area contributed by atoms with E-state index in [0.29, 0.717) is 4.90 Å². The Morgan fingerprint density at radius 2 is 1.37 bits per heavy atom. The maximum atomic E-state index is 12.8. The fourth-order valence-electron chi connectivity index (χ4n) is 3.67. The second-order valence-electron chi connectivity index (χ2n) is 7.86. The van der Waals surface area contributed by atoms with Gasteiger partial charge in [0.25, 0.3) is 0 Å². The summed E-state index contributed by atoms with van der Waals surface area (Å²) in [6, 6.07) is 15.8. The van der Waals surface area contributed by atoms with Crippen molar-refractivity contribution in [1.29, 1.82) is 0 Å². The predicted octanol–water partition coefficient (Wildman–Crippen LogP) is 6.69. The molecule has 0 aliphatic heterocycles. The van der Waals surface area contributed by atoms with Crippen LogP contribution in [0.1, 0.15) is 64.5 Å². The van der Waals surface area contributed by atoms with E-state index in [1.807, 2.05) is 18.2 Å². The maximum absolute atomic E-state index is 12.8. The third kappa shape index (κ3) is 7.02. The van der Waals surface area contributed by atoms with Gasteiger partial charge < -0.3 is 4.90 Å². The van der Waals surface area contributed by atoms with Gasteiger partial charge in [-0.1, -0.05) is 69.5 Å². The molecule has 0 fully saturated rings. The van der Waals surface area contributed by atoms with E-state index < -0.39 is 9.84 Å². The van der Waals surface area contributed by atoms with Crippen LogP contribution in [0.15, 0.2) is 53.4 Å². The van der Waals surface area contributed by atoms with Crippen LogP contribution in [0.5, 0.6) is 0 Å². The molecule has 0 aromatic heterocycles. The highest BCUT2D eigenvalue weighted by molar-refractivity contribution is 7.91. The van der Waals surface area contributed by atoms with Gasteiger partial charge >= 0.3 is 0 Å². The first-order valence-electron chi connectivity index (χ1n) is 11.3. The zero-order valence-electron chi connectivity index (χ0n) is 19.0. The highest BCUT2D eigenvalue weighted by Gasteiger charge is 2.19. The number of benzene rings is 2. The average Bonchev–Trinajstić information content (AvgIpc) is 2.77. The van der Waals surface area contributed by atoms with Crippen LogP contribution >= 0.6 is 0 Å². The van der Waals surface area contributed by atoms with Crippen LogP contribution < -0.4 is 4.90 Å². The third-order valence-electron chi connectivity index (χ3n) is 5.73. The second kappa shape index (κ2) is 11.9. The summed E-state index contributed by atoms with van der Waals surface area (Å²) >= 11 is 0. The minimum Gasteiger partial charge on any atom is -0.372 e. The largest absolute Gasteiger partial charge is 0.372 e. The van der Waals surface area contributed by atoms with Crippen molar-refractivity contribution in [2.75, 3.05) is 23.7 Å². The van der Waals surface area contributed by atoms with Gasteiger partial charge in [0.15, 0.2) is 9.84 Å². The Morgan fingerprint density at radius 3 is 1.83 bits per heavy atom. The molecule has 1 atom stereocenters. The number of unbranched alkanes of at least 4 members (excludes halogenated alkanes) is 1. The molecule has 0 radical (unpaired) electrons. The standard InChI is InChI=1S/C26H37NO2S/c1-5-9-10-22(6-2)21-30(28,29)26-19-15-24(16-20-26)12-11-23-13-17-25(18-14-23)27(7-3)8-4/h11-20,22H,5-10,21H2,1-4H3. The van der Waals surface area contributed by atoms with Crippen LogP contribution in [0, 0.1) is 5.92 Å². The zero-order chi connectivity index (χ0) is 22.0. The SMILES string of the molecule is CCCCC(CC)CS(=O)(=O)c1ccc(C=Cc2ccc(N(CC)CC)cc2)cc1. The third-order valence-corrected chi connectivity index (χ3v) is 7.63. The number of rotatable bonds is 12. The van der Waals surface area contributed by atoms with Gasteiger partial charge in [-0.2, -0.15) is 0 Å². The molecule has 4 heteroatoms. The second-order valence-corrected chi connectivity index (χ2v) is 9.90. The highest BCUT2D eigenvalue weighted by Crippen LogP contribution is 2.21. The highest BCUT2D eigenvalue weighted by atomic mass is 32.2. The number of sulfone groups is 1. The first-order chi connectivity index (χ1) is 14.4. The normalized spacial score (nSPS) is 12.9. The molecule has 0 saturated carbocycles. The van der Waals surface area contributed by atoms with Gasteiger partial charge in [0, 0.05) is 18.8 Å². The minimum atomic E-state index is -3.23. The number of hydrogen-bond donors (Lipinski definition) is 0. The Morgan fingerprint density at radius 1 is 0.833 bits per heavy atom. The molecule has 2 aromatic rings. The summed E-state index contributed by atoms with van der Waals surface area (Å²) in [6.07, 6.45) is 8.18. The summed E-state index contributed by atoms with van der Waals surface area (Å²) in [6.45, 7) is 10.5. The van der Waals surface area contributed by atoms with E-state index in [4.69, 9.17) is 0 Å². The van der Waals surface area contributed by atoms with Crippen LogP contribution in [-0.2, 0) is 9.84 Å². The van der Waals surface area contributed by atoms with Crippen molar-refractivity contribution in [2.45, 2.75) is 58.3 Å². The molecule has 0 N–H and O–H groups in total. The summed E-state index contributed by atoms with van der Waals surface area (Å²) < 4.78 is 25.5. The van der Waals surface area contributed by atoms with Crippen molar-refractivity contribution >= 4 is 27.7 Å². The number of anilines is 1. The Labute approximate surface area is 183 Å². The lowest BCUT2D eigenvalue weighted by molar-refractivity contribution is 0.483.